The van der Waals surface area contributed by atoms with Crippen LogP contribution in [0.1, 0.15) is 36.2 Å². The summed E-state index contributed by atoms with van der Waals surface area (Å²) in [6.45, 7) is 0. The van der Waals surface area contributed by atoms with Gasteiger partial charge in [-0.1, -0.05) is 11.6 Å². The average Bonchev–Trinajstić information content (AvgIpc) is 2.40. The van der Waals surface area contributed by atoms with E-state index in [1.165, 1.54) is 12.4 Å². The van der Waals surface area contributed by atoms with Gasteiger partial charge in [-0.15, -0.1) is 0 Å². The maximum absolute atomic E-state index is 12.0. The van der Waals surface area contributed by atoms with Crippen LogP contribution in [0.15, 0.2) is 12.4 Å². The first kappa shape index (κ1) is 13.2. The molecule has 1 saturated carbocycles. The minimum absolute atomic E-state index is 0.139. The normalized spacial score (nSPS) is 23.7. The third kappa shape index (κ3) is 3.17. The Morgan fingerprint density at radius 2 is 2.00 bits per heavy atom. The molecule has 1 amide bonds. The molecular formula is C12H16ClN3O2. The number of halogens is 1. The molecule has 5 nitrogen and oxygen atoms in total. The van der Waals surface area contributed by atoms with Crippen molar-refractivity contribution in [2.75, 3.05) is 7.11 Å². The van der Waals surface area contributed by atoms with Crippen LogP contribution >= 0.6 is 11.6 Å². The number of rotatable bonds is 3. The van der Waals surface area contributed by atoms with Crippen molar-refractivity contribution in [1.29, 1.82) is 0 Å². The summed E-state index contributed by atoms with van der Waals surface area (Å²) >= 11 is 5.83. The van der Waals surface area contributed by atoms with E-state index in [1.807, 2.05) is 0 Å². The van der Waals surface area contributed by atoms with Crippen LogP contribution in [-0.2, 0) is 4.74 Å². The number of nitrogens with zero attached hydrogens (tertiary/aromatic N) is 2. The van der Waals surface area contributed by atoms with Gasteiger partial charge in [-0.05, 0) is 25.7 Å². The van der Waals surface area contributed by atoms with E-state index in [1.54, 1.807) is 7.11 Å². The first-order valence-corrected chi connectivity index (χ1v) is 6.38. The van der Waals surface area contributed by atoms with Crippen molar-refractivity contribution in [2.24, 2.45) is 0 Å². The zero-order valence-corrected chi connectivity index (χ0v) is 11.0. The van der Waals surface area contributed by atoms with Gasteiger partial charge in [0.2, 0.25) is 0 Å². The van der Waals surface area contributed by atoms with Crippen molar-refractivity contribution >= 4 is 17.5 Å². The largest absolute Gasteiger partial charge is 0.381 e. The third-order valence-electron chi connectivity index (χ3n) is 3.21. The van der Waals surface area contributed by atoms with Crippen LogP contribution in [0.25, 0.3) is 0 Å². The molecule has 6 heteroatoms. The molecule has 18 heavy (non-hydrogen) atoms. The SMILES string of the molecule is COC1CCC(NC(=O)c2nccnc2Cl)CC1. The molecular weight excluding hydrogens is 254 g/mol. The Kier molecular flexibility index (Phi) is 4.49. The molecule has 1 N–H and O–H groups in total. The van der Waals surface area contributed by atoms with Gasteiger partial charge in [0.15, 0.2) is 10.8 Å². The molecule has 98 valence electrons. The van der Waals surface area contributed by atoms with Crippen molar-refractivity contribution in [3.63, 3.8) is 0 Å². The quantitative estimate of drug-likeness (QED) is 0.909. The molecule has 0 unspecified atom stereocenters. The van der Waals surface area contributed by atoms with Crippen molar-refractivity contribution in [2.45, 2.75) is 37.8 Å². The minimum atomic E-state index is -0.256. The summed E-state index contributed by atoms with van der Waals surface area (Å²) in [4.78, 5) is 19.7. The van der Waals surface area contributed by atoms with Gasteiger partial charge >= 0.3 is 0 Å². The molecule has 0 spiro atoms. The number of aromatic nitrogens is 2. The first-order valence-electron chi connectivity index (χ1n) is 6.01. The molecule has 0 aliphatic heterocycles. The second-order valence-corrected chi connectivity index (χ2v) is 4.74. The van der Waals surface area contributed by atoms with Crippen molar-refractivity contribution in [3.8, 4) is 0 Å². The summed E-state index contributed by atoms with van der Waals surface area (Å²) in [6.07, 6.45) is 7.01. The average molecular weight is 270 g/mol. The second-order valence-electron chi connectivity index (χ2n) is 4.38. The van der Waals surface area contributed by atoms with E-state index in [9.17, 15) is 4.79 Å². The summed E-state index contributed by atoms with van der Waals surface area (Å²) in [5.74, 6) is -0.256. The Labute approximate surface area is 111 Å². The topological polar surface area (TPSA) is 64.1 Å². The molecule has 1 aliphatic carbocycles. The number of amides is 1. The fraction of sp³-hybridized carbons (Fsp3) is 0.583. The molecule has 0 radical (unpaired) electrons. The standard InChI is InChI=1S/C12H16ClN3O2/c1-18-9-4-2-8(3-5-9)16-12(17)10-11(13)15-7-6-14-10/h6-9H,2-5H2,1H3,(H,16,17). The van der Waals surface area contributed by atoms with Crippen LogP contribution in [0.3, 0.4) is 0 Å². The van der Waals surface area contributed by atoms with E-state index in [2.05, 4.69) is 15.3 Å². The van der Waals surface area contributed by atoms with Gasteiger partial charge in [0.1, 0.15) is 0 Å². The highest BCUT2D eigenvalue weighted by Gasteiger charge is 2.23. The summed E-state index contributed by atoms with van der Waals surface area (Å²) in [6, 6.07) is 0.168. The number of hydrogen-bond donors (Lipinski definition) is 1. The molecule has 0 atom stereocenters. The monoisotopic (exact) mass is 269 g/mol. The Morgan fingerprint density at radius 1 is 1.33 bits per heavy atom. The van der Waals surface area contributed by atoms with Crippen LogP contribution in [0.4, 0.5) is 0 Å². The van der Waals surface area contributed by atoms with Gasteiger partial charge in [0.25, 0.3) is 5.91 Å². The Hall–Kier alpha value is -1.20. The zero-order chi connectivity index (χ0) is 13.0. The van der Waals surface area contributed by atoms with Gasteiger partial charge in [-0.2, -0.15) is 0 Å². The van der Waals surface area contributed by atoms with Gasteiger partial charge in [0.05, 0.1) is 6.10 Å². The molecule has 1 aromatic heterocycles. The highest BCUT2D eigenvalue weighted by atomic mass is 35.5. The molecule has 2 rings (SSSR count). The lowest BCUT2D eigenvalue weighted by Crippen LogP contribution is -2.39. The van der Waals surface area contributed by atoms with E-state index >= 15 is 0 Å². The molecule has 1 aliphatic rings. The van der Waals surface area contributed by atoms with Crippen molar-refractivity contribution < 1.29 is 9.53 Å². The van der Waals surface area contributed by atoms with E-state index in [4.69, 9.17) is 16.3 Å². The molecule has 0 bridgehead atoms. The Bertz CT molecular complexity index is 420. The Morgan fingerprint density at radius 3 is 2.61 bits per heavy atom. The van der Waals surface area contributed by atoms with Gasteiger partial charge in [-0.25, -0.2) is 9.97 Å². The lowest BCUT2D eigenvalue weighted by atomic mass is 9.93. The molecule has 1 aromatic rings. The van der Waals surface area contributed by atoms with Gasteiger partial charge in [-0.3, -0.25) is 4.79 Å². The Balaban J connectivity index is 1.91. The summed E-state index contributed by atoms with van der Waals surface area (Å²) in [5, 5.41) is 3.08. The molecule has 1 fully saturated rings. The highest BCUT2D eigenvalue weighted by molar-refractivity contribution is 6.32. The maximum Gasteiger partial charge on any atom is 0.273 e. The van der Waals surface area contributed by atoms with Gasteiger partial charge < -0.3 is 10.1 Å². The first-order chi connectivity index (χ1) is 8.70. The van der Waals surface area contributed by atoms with E-state index < -0.39 is 0 Å². The smallest absolute Gasteiger partial charge is 0.273 e. The molecule has 0 saturated heterocycles. The van der Waals surface area contributed by atoms with Crippen LogP contribution in [0, 0.1) is 0 Å². The second kappa shape index (κ2) is 6.11. The van der Waals surface area contributed by atoms with Gasteiger partial charge in [0, 0.05) is 25.5 Å². The fourth-order valence-electron chi connectivity index (χ4n) is 2.17. The number of hydrogen-bond acceptors (Lipinski definition) is 4. The zero-order valence-electron chi connectivity index (χ0n) is 10.2. The lowest BCUT2D eigenvalue weighted by Gasteiger charge is -2.28. The number of nitrogens with one attached hydrogen (secondary N) is 1. The lowest BCUT2D eigenvalue weighted by molar-refractivity contribution is 0.0598. The van der Waals surface area contributed by atoms with Crippen LogP contribution in [-0.4, -0.2) is 35.1 Å². The number of methoxy groups -OCH3 is 1. The van der Waals surface area contributed by atoms with Crippen LogP contribution in [0.5, 0.6) is 0 Å². The predicted octanol–water partition coefficient (Wildman–Crippen LogP) is 1.82. The van der Waals surface area contributed by atoms with Crippen LogP contribution in [0.2, 0.25) is 5.15 Å². The molecule has 0 aromatic carbocycles. The minimum Gasteiger partial charge on any atom is -0.381 e. The predicted molar refractivity (Wildman–Crippen MR) is 67.6 cm³/mol. The number of ether oxygens (including phenoxy) is 1. The van der Waals surface area contributed by atoms with Crippen molar-refractivity contribution in [1.82, 2.24) is 15.3 Å². The summed E-state index contributed by atoms with van der Waals surface area (Å²) in [5.41, 5.74) is 0.188. The highest BCUT2D eigenvalue weighted by Crippen LogP contribution is 2.21. The third-order valence-corrected chi connectivity index (χ3v) is 3.49. The van der Waals surface area contributed by atoms with E-state index in [0.717, 1.165) is 25.7 Å². The maximum atomic E-state index is 12.0. The fourth-order valence-corrected chi connectivity index (χ4v) is 2.36. The number of carbonyl (C=O) groups is 1. The number of carbonyl (C=O) groups excluding carboxylic acids is 1. The summed E-state index contributed by atoms with van der Waals surface area (Å²) < 4.78 is 5.29. The van der Waals surface area contributed by atoms with Crippen LogP contribution < -0.4 is 5.32 Å². The molecule has 1 heterocycles. The summed E-state index contributed by atoms with van der Waals surface area (Å²) in [7, 11) is 1.73. The van der Waals surface area contributed by atoms with E-state index in [-0.39, 0.29) is 22.8 Å². The van der Waals surface area contributed by atoms with Crippen molar-refractivity contribution in [3.05, 3.63) is 23.2 Å². The van der Waals surface area contributed by atoms with E-state index in [0.29, 0.717) is 6.10 Å².